The number of hydrogen-bond acceptors (Lipinski definition) is 4. The van der Waals surface area contributed by atoms with E-state index in [2.05, 4.69) is 36.1 Å². The van der Waals surface area contributed by atoms with Crippen LogP contribution in [0.15, 0.2) is 18.5 Å². The van der Waals surface area contributed by atoms with Crippen molar-refractivity contribution < 1.29 is 4.79 Å². The third-order valence-corrected chi connectivity index (χ3v) is 4.68. The quantitative estimate of drug-likeness (QED) is 0.851. The highest BCUT2D eigenvalue weighted by Gasteiger charge is 2.26. The second-order valence-corrected chi connectivity index (χ2v) is 6.16. The smallest absolute Gasteiger partial charge is 0.239 e. The van der Waals surface area contributed by atoms with E-state index in [0.717, 1.165) is 32.7 Å². The van der Waals surface area contributed by atoms with Crippen molar-refractivity contribution in [2.45, 2.75) is 45.8 Å². The maximum atomic E-state index is 12.6. The highest BCUT2D eigenvalue weighted by atomic mass is 16.2. The van der Waals surface area contributed by atoms with E-state index in [1.807, 2.05) is 28.8 Å². The first-order chi connectivity index (χ1) is 10.5. The molecule has 0 spiro atoms. The Balaban J connectivity index is 1.83. The lowest BCUT2D eigenvalue weighted by molar-refractivity contribution is -0.135. The van der Waals surface area contributed by atoms with Crippen molar-refractivity contribution in [3.8, 4) is 0 Å². The number of piperazine rings is 1. The van der Waals surface area contributed by atoms with Crippen LogP contribution in [0.2, 0.25) is 0 Å². The summed E-state index contributed by atoms with van der Waals surface area (Å²) in [6.07, 6.45) is 3.74. The maximum absolute atomic E-state index is 12.6. The van der Waals surface area contributed by atoms with Gasteiger partial charge in [-0.1, -0.05) is 6.92 Å². The van der Waals surface area contributed by atoms with E-state index in [0.29, 0.717) is 0 Å². The molecule has 1 aromatic heterocycles. The van der Waals surface area contributed by atoms with Gasteiger partial charge < -0.3 is 15.1 Å². The van der Waals surface area contributed by atoms with Gasteiger partial charge in [-0.2, -0.15) is 5.10 Å². The van der Waals surface area contributed by atoms with Crippen molar-refractivity contribution in [2.75, 3.05) is 32.7 Å². The standard InChI is InChI=1S/C16H29N5O/c1-5-19-9-11-20(12-10-19)16(22)14(3)18-13(2)15(4)21-8-6-7-17-21/h6-8,13-15,18H,5,9-12H2,1-4H3/t13-,14-,15-/m0/s1. The van der Waals surface area contributed by atoms with Crippen molar-refractivity contribution in [3.05, 3.63) is 18.5 Å². The third-order valence-electron chi connectivity index (χ3n) is 4.68. The number of nitrogens with zero attached hydrogens (tertiary/aromatic N) is 4. The van der Waals surface area contributed by atoms with Crippen LogP contribution >= 0.6 is 0 Å². The van der Waals surface area contributed by atoms with Crippen LogP contribution in [0.25, 0.3) is 0 Å². The molecule has 0 unspecified atom stereocenters. The number of carbonyl (C=O) groups excluding carboxylic acids is 1. The molecule has 2 heterocycles. The fourth-order valence-electron chi connectivity index (χ4n) is 2.91. The van der Waals surface area contributed by atoms with Gasteiger partial charge in [0, 0.05) is 44.6 Å². The topological polar surface area (TPSA) is 53.4 Å². The monoisotopic (exact) mass is 307 g/mol. The van der Waals surface area contributed by atoms with Crippen molar-refractivity contribution in [1.82, 2.24) is 24.9 Å². The average Bonchev–Trinajstić information content (AvgIpc) is 3.07. The third kappa shape index (κ3) is 4.08. The summed E-state index contributed by atoms with van der Waals surface area (Å²) in [4.78, 5) is 16.9. The van der Waals surface area contributed by atoms with Gasteiger partial charge in [0.25, 0.3) is 0 Å². The Bertz CT molecular complexity index is 453. The van der Waals surface area contributed by atoms with Gasteiger partial charge in [-0.25, -0.2) is 0 Å². The normalized spacial score (nSPS) is 20.6. The summed E-state index contributed by atoms with van der Waals surface area (Å²) in [5, 5.41) is 7.70. The lowest BCUT2D eigenvalue weighted by Crippen LogP contribution is -2.55. The van der Waals surface area contributed by atoms with Crippen molar-refractivity contribution in [2.24, 2.45) is 0 Å². The number of nitrogens with one attached hydrogen (secondary N) is 1. The minimum Gasteiger partial charge on any atom is -0.339 e. The highest BCUT2D eigenvalue weighted by Crippen LogP contribution is 2.11. The molecule has 3 atom stereocenters. The molecule has 1 aliphatic heterocycles. The largest absolute Gasteiger partial charge is 0.339 e. The number of rotatable bonds is 6. The fraction of sp³-hybridized carbons (Fsp3) is 0.750. The van der Waals surface area contributed by atoms with Gasteiger partial charge in [-0.15, -0.1) is 0 Å². The molecular weight excluding hydrogens is 278 g/mol. The molecule has 1 N–H and O–H groups in total. The Hall–Kier alpha value is -1.40. The van der Waals surface area contributed by atoms with E-state index >= 15 is 0 Å². The van der Waals surface area contributed by atoms with Gasteiger partial charge in [0.1, 0.15) is 0 Å². The first-order valence-electron chi connectivity index (χ1n) is 8.29. The molecule has 6 nitrogen and oxygen atoms in total. The summed E-state index contributed by atoms with van der Waals surface area (Å²) < 4.78 is 1.93. The summed E-state index contributed by atoms with van der Waals surface area (Å²) in [5.74, 6) is 0.204. The predicted octanol–water partition coefficient (Wildman–Crippen LogP) is 0.975. The van der Waals surface area contributed by atoms with Crippen molar-refractivity contribution in [3.63, 3.8) is 0 Å². The number of carbonyl (C=O) groups is 1. The zero-order valence-electron chi connectivity index (χ0n) is 14.2. The van der Waals surface area contributed by atoms with E-state index in [-0.39, 0.29) is 24.0 Å². The summed E-state index contributed by atoms with van der Waals surface area (Å²) in [6.45, 7) is 13.0. The minimum atomic E-state index is -0.166. The number of aromatic nitrogens is 2. The van der Waals surface area contributed by atoms with Gasteiger partial charge in [0.05, 0.1) is 12.1 Å². The van der Waals surface area contributed by atoms with E-state index in [4.69, 9.17) is 0 Å². The molecule has 6 heteroatoms. The molecule has 22 heavy (non-hydrogen) atoms. The van der Waals surface area contributed by atoms with E-state index in [1.54, 1.807) is 6.20 Å². The van der Waals surface area contributed by atoms with Gasteiger partial charge in [-0.3, -0.25) is 9.48 Å². The Morgan fingerprint density at radius 1 is 1.23 bits per heavy atom. The van der Waals surface area contributed by atoms with Crippen LogP contribution < -0.4 is 5.32 Å². The van der Waals surface area contributed by atoms with Gasteiger partial charge in [-0.05, 0) is 33.4 Å². The van der Waals surface area contributed by atoms with E-state index in [1.165, 1.54) is 0 Å². The molecule has 1 aliphatic rings. The zero-order valence-corrected chi connectivity index (χ0v) is 14.2. The first kappa shape index (κ1) is 17.0. The van der Waals surface area contributed by atoms with Crippen LogP contribution in [0, 0.1) is 0 Å². The first-order valence-corrected chi connectivity index (χ1v) is 8.29. The van der Waals surface area contributed by atoms with Crippen LogP contribution in [-0.4, -0.2) is 70.3 Å². The van der Waals surface area contributed by atoms with Crippen LogP contribution in [0.3, 0.4) is 0 Å². The number of hydrogen-bond donors (Lipinski definition) is 1. The molecule has 0 saturated carbocycles. The molecule has 0 bridgehead atoms. The second-order valence-electron chi connectivity index (χ2n) is 6.16. The van der Waals surface area contributed by atoms with Gasteiger partial charge >= 0.3 is 0 Å². The summed E-state index contributed by atoms with van der Waals surface area (Å²) in [7, 11) is 0. The van der Waals surface area contributed by atoms with Crippen LogP contribution in [0.1, 0.15) is 33.7 Å². The fourth-order valence-corrected chi connectivity index (χ4v) is 2.91. The van der Waals surface area contributed by atoms with Crippen molar-refractivity contribution in [1.29, 1.82) is 0 Å². The lowest BCUT2D eigenvalue weighted by atomic mass is 10.1. The Labute approximate surface area is 133 Å². The van der Waals surface area contributed by atoms with Gasteiger partial charge in [0.2, 0.25) is 5.91 Å². The summed E-state index contributed by atoms with van der Waals surface area (Å²) in [6, 6.07) is 2.14. The van der Waals surface area contributed by atoms with E-state index < -0.39 is 0 Å². The molecule has 0 aromatic carbocycles. The SMILES string of the molecule is CCN1CCN(C(=O)[C@H](C)N[C@@H](C)[C@H](C)n2cccn2)CC1. The summed E-state index contributed by atoms with van der Waals surface area (Å²) >= 11 is 0. The van der Waals surface area contributed by atoms with Crippen LogP contribution in [0.4, 0.5) is 0 Å². The molecule has 1 saturated heterocycles. The Morgan fingerprint density at radius 3 is 2.45 bits per heavy atom. The Morgan fingerprint density at radius 2 is 1.91 bits per heavy atom. The van der Waals surface area contributed by atoms with E-state index in [9.17, 15) is 4.79 Å². The molecule has 124 valence electrons. The zero-order chi connectivity index (χ0) is 16.1. The minimum absolute atomic E-state index is 0.166. The molecule has 0 aliphatic carbocycles. The second kappa shape index (κ2) is 7.74. The van der Waals surface area contributed by atoms with Crippen LogP contribution in [0.5, 0.6) is 0 Å². The predicted molar refractivity (Wildman–Crippen MR) is 87.7 cm³/mol. The van der Waals surface area contributed by atoms with Crippen LogP contribution in [-0.2, 0) is 4.79 Å². The molecule has 2 rings (SSSR count). The average molecular weight is 307 g/mol. The molecule has 0 radical (unpaired) electrons. The molecular formula is C16H29N5O. The Kier molecular flexibility index (Phi) is 5.97. The highest BCUT2D eigenvalue weighted by molar-refractivity contribution is 5.81. The maximum Gasteiger partial charge on any atom is 0.239 e. The number of likely N-dealkylation sites (N-methyl/N-ethyl adjacent to an activating group) is 1. The van der Waals surface area contributed by atoms with Crippen molar-refractivity contribution >= 4 is 5.91 Å². The number of amides is 1. The molecule has 1 amide bonds. The van der Waals surface area contributed by atoms with Gasteiger partial charge in [0.15, 0.2) is 0 Å². The molecule has 1 fully saturated rings. The lowest BCUT2D eigenvalue weighted by Gasteiger charge is -2.36. The molecule has 1 aromatic rings. The summed E-state index contributed by atoms with van der Waals surface area (Å²) in [5.41, 5.74) is 0.